The number of carbonyl (C=O) groups is 2. The van der Waals surface area contributed by atoms with E-state index in [1.165, 1.54) is 17.0 Å². The lowest BCUT2D eigenvalue weighted by atomic mass is 9.89. The molecule has 0 aliphatic heterocycles. The van der Waals surface area contributed by atoms with Crippen LogP contribution in [0.15, 0.2) is 36.4 Å². The maximum atomic E-state index is 13.3. The van der Waals surface area contributed by atoms with E-state index >= 15 is 0 Å². The number of nitrogens with zero attached hydrogens (tertiary/aromatic N) is 2. The van der Waals surface area contributed by atoms with Crippen molar-refractivity contribution >= 4 is 12.0 Å². The molecule has 1 atom stereocenters. The minimum absolute atomic E-state index is 0.0612. The summed E-state index contributed by atoms with van der Waals surface area (Å²) in [4.78, 5) is 31.2. The number of amides is 2. The fourth-order valence-corrected chi connectivity index (χ4v) is 3.62. The Kier molecular flexibility index (Phi) is 8.02. The van der Waals surface area contributed by atoms with E-state index in [2.05, 4.69) is 24.1 Å². The molecular weight excluding hydrogens is 394 g/mol. The Labute approximate surface area is 184 Å². The number of carbonyl (C=O) groups excluding carboxylic acids is 1. The number of aromatic nitrogens is 1. The van der Waals surface area contributed by atoms with Gasteiger partial charge in [-0.2, -0.15) is 0 Å². The minimum atomic E-state index is -1.34. The van der Waals surface area contributed by atoms with E-state index in [1.807, 2.05) is 26.0 Å². The number of aryl methyl sites for hydroxylation is 2. The Morgan fingerprint density at radius 3 is 2.19 bits per heavy atom. The molecule has 0 radical (unpaired) electrons. The summed E-state index contributed by atoms with van der Waals surface area (Å²) in [6, 6.07) is 10.1. The van der Waals surface area contributed by atoms with Crippen molar-refractivity contribution in [3.8, 4) is 5.75 Å². The zero-order valence-corrected chi connectivity index (χ0v) is 19.0. The zero-order valence-electron chi connectivity index (χ0n) is 19.0. The highest BCUT2D eigenvalue weighted by Gasteiger charge is 2.42. The number of hydrogen-bond donors (Lipinski definition) is 3. The first kappa shape index (κ1) is 24.2. The molecular formula is C24H33N3O4. The SMILES string of the molecule is Cc1cc(CN(C(=O)O)[C@@](C)(Cc2ccc(O)cc2)C(=O)NCCC(C)C)cc(C)n1. The molecule has 0 unspecified atom stereocenters. The third-order valence-corrected chi connectivity index (χ3v) is 5.29. The molecule has 7 heteroatoms. The summed E-state index contributed by atoms with van der Waals surface area (Å²) in [6.07, 6.45) is -0.195. The van der Waals surface area contributed by atoms with Crippen LogP contribution in [0.3, 0.4) is 0 Å². The third-order valence-electron chi connectivity index (χ3n) is 5.29. The van der Waals surface area contributed by atoms with Crippen molar-refractivity contribution in [3.63, 3.8) is 0 Å². The van der Waals surface area contributed by atoms with Gasteiger partial charge >= 0.3 is 6.09 Å². The predicted octanol–water partition coefficient (Wildman–Crippen LogP) is 4.05. The molecule has 0 bridgehead atoms. The molecule has 2 rings (SSSR count). The van der Waals surface area contributed by atoms with Gasteiger partial charge in [-0.1, -0.05) is 26.0 Å². The standard InChI is InChI=1S/C24H33N3O4/c1-16(2)10-11-25-22(29)24(5,14-19-6-8-21(28)9-7-19)27(23(30)31)15-20-12-17(3)26-18(4)13-20/h6-9,12-13,16,28H,10-11,14-15H2,1-5H3,(H,25,29)(H,30,31)/t24-/m0/s1. The van der Waals surface area contributed by atoms with Crippen molar-refractivity contribution in [1.82, 2.24) is 15.2 Å². The number of phenolic OH excluding ortho intramolecular Hbond substituents is 1. The van der Waals surface area contributed by atoms with E-state index < -0.39 is 11.6 Å². The lowest BCUT2D eigenvalue weighted by Crippen LogP contribution is -2.59. The maximum Gasteiger partial charge on any atom is 0.408 e. The van der Waals surface area contributed by atoms with Gasteiger partial charge in [-0.25, -0.2) is 4.79 Å². The van der Waals surface area contributed by atoms with Gasteiger partial charge in [0, 0.05) is 24.4 Å². The van der Waals surface area contributed by atoms with E-state index in [1.54, 1.807) is 19.1 Å². The van der Waals surface area contributed by atoms with Gasteiger partial charge in [-0.3, -0.25) is 14.7 Å². The molecule has 0 fully saturated rings. The number of pyridine rings is 1. The smallest absolute Gasteiger partial charge is 0.408 e. The highest BCUT2D eigenvalue weighted by atomic mass is 16.4. The predicted molar refractivity (Wildman–Crippen MR) is 120 cm³/mol. The molecule has 3 N–H and O–H groups in total. The summed E-state index contributed by atoms with van der Waals surface area (Å²) in [6.45, 7) is 10.0. The van der Waals surface area contributed by atoms with Crippen molar-refractivity contribution < 1.29 is 19.8 Å². The van der Waals surface area contributed by atoms with Crippen molar-refractivity contribution in [2.75, 3.05) is 6.54 Å². The lowest BCUT2D eigenvalue weighted by molar-refractivity contribution is -0.132. The number of nitrogens with one attached hydrogen (secondary N) is 1. The first-order valence-electron chi connectivity index (χ1n) is 10.5. The Morgan fingerprint density at radius 2 is 1.68 bits per heavy atom. The first-order valence-corrected chi connectivity index (χ1v) is 10.5. The normalized spacial score (nSPS) is 13.0. The van der Waals surface area contributed by atoms with E-state index in [9.17, 15) is 19.8 Å². The van der Waals surface area contributed by atoms with Crippen LogP contribution >= 0.6 is 0 Å². The summed E-state index contributed by atoms with van der Waals surface area (Å²) >= 11 is 0. The lowest BCUT2D eigenvalue weighted by Gasteiger charge is -2.38. The third kappa shape index (κ3) is 6.70. The number of benzene rings is 1. The Hall–Kier alpha value is -3.09. The summed E-state index contributed by atoms with van der Waals surface area (Å²) in [5.74, 6) is 0.192. The van der Waals surface area contributed by atoms with Crippen molar-refractivity contribution in [3.05, 3.63) is 58.9 Å². The molecule has 1 aromatic heterocycles. The maximum absolute atomic E-state index is 13.3. The molecule has 0 aliphatic rings. The monoisotopic (exact) mass is 427 g/mol. The average Bonchev–Trinajstić information content (AvgIpc) is 2.66. The molecule has 2 aromatic rings. The highest BCUT2D eigenvalue weighted by molar-refractivity contribution is 5.89. The molecule has 2 amide bonds. The number of carboxylic acid groups (broad SMARTS) is 1. The van der Waals surface area contributed by atoms with Crippen LogP contribution < -0.4 is 5.32 Å². The van der Waals surface area contributed by atoms with Crippen LogP contribution in [0.4, 0.5) is 4.79 Å². The number of hydrogen-bond acceptors (Lipinski definition) is 4. The number of phenols is 1. The number of aromatic hydroxyl groups is 1. The largest absolute Gasteiger partial charge is 0.508 e. The minimum Gasteiger partial charge on any atom is -0.508 e. The van der Waals surface area contributed by atoms with E-state index in [-0.39, 0.29) is 24.6 Å². The zero-order chi connectivity index (χ0) is 23.2. The Bertz CT molecular complexity index is 891. The van der Waals surface area contributed by atoms with Crippen molar-refractivity contribution in [1.29, 1.82) is 0 Å². The van der Waals surface area contributed by atoms with Gasteiger partial charge in [0.2, 0.25) is 5.91 Å². The summed E-state index contributed by atoms with van der Waals surface area (Å²) in [7, 11) is 0. The quantitative estimate of drug-likeness (QED) is 0.560. The van der Waals surface area contributed by atoms with Gasteiger partial charge in [0.15, 0.2) is 0 Å². The van der Waals surface area contributed by atoms with Gasteiger partial charge in [-0.15, -0.1) is 0 Å². The molecule has 0 saturated heterocycles. The Balaban J connectivity index is 2.40. The molecule has 1 aromatic carbocycles. The molecule has 0 aliphatic carbocycles. The van der Waals surface area contributed by atoms with Crippen LogP contribution in [-0.4, -0.2) is 44.2 Å². The fourth-order valence-electron chi connectivity index (χ4n) is 3.62. The molecule has 31 heavy (non-hydrogen) atoms. The second-order valence-electron chi connectivity index (χ2n) is 8.68. The van der Waals surface area contributed by atoms with Gasteiger partial charge in [-0.05, 0) is 68.5 Å². The summed E-state index contributed by atoms with van der Waals surface area (Å²) in [5, 5.41) is 22.6. The highest BCUT2D eigenvalue weighted by Crippen LogP contribution is 2.26. The first-order chi connectivity index (χ1) is 14.5. The van der Waals surface area contributed by atoms with Crippen LogP contribution in [0.25, 0.3) is 0 Å². The van der Waals surface area contributed by atoms with E-state index in [0.29, 0.717) is 12.5 Å². The van der Waals surface area contributed by atoms with Crippen LogP contribution in [0.2, 0.25) is 0 Å². The average molecular weight is 428 g/mol. The van der Waals surface area contributed by atoms with Crippen LogP contribution in [-0.2, 0) is 17.8 Å². The fraction of sp³-hybridized carbons (Fsp3) is 0.458. The second kappa shape index (κ2) is 10.3. The van der Waals surface area contributed by atoms with Gasteiger partial charge in [0.05, 0.1) is 6.54 Å². The van der Waals surface area contributed by atoms with Crippen LogP contribution in [0.1, 0.15) is 49.7 Å². The molecule has 168 valence electrons. The van der Waals surface area contributed by atoms with E-state index in [4.69, 9.17) is 0 Å². The van der Waals surface area contributed by atoms with Crippen molar-refractivity contribution in [2.45, 2.75) is 59.5 Å². The summed E-state index contributed by atoms with van der Waals surface area (Å²) in [5.41, 5.74) is 1.78. The molecule has 1 heterocycles. The Morgan fingerprint density at radius 1 is 1.10 bits per heavy atom. The van der Waals surface area contributed by atoms with Crippen LogP contribution in [0.5, 0.6) is 5.75 Å². The van der Waals surface area contributed by atoms with Gasteiger partial charge in [0.25, 0.3) is 0 Å². The topological polar surface area (TPSA) is 103 Å². The van der Waals surface area contributed by atoms with Gasteiger partial charge < -0.3 is 15.5 Å². The number of rotatable bonds is 9. The summed E-state index contributed by atoms with van der Waals surface area (Å²) < 4.78 is 0. The van der Waals surface area contributed by atoms with E-state index in [0.717, 1.165) is 28.9 Å². The van der Waals surface area contributed by atoms with Crippen LogP contribution in [0, 0.1) is 19.8 Å². The molecule has 0 spiro atoms. The van der Waals surface area contributed by atoms with Gasteiger partial charge in [0.1, 0.15) is 11.3 Å². The molecule has 0 saturated carbocycles. The molecule has 7 nitrogen and oxygen atoms in total. The second-order valence-corrected chi connectivity index (χ2v) is 8.68. The van der Waals surface area contributed by atoms with Crippen molar-refractivity contribution in [2.24, 2.45) is 5.92 Å².